The van der Waals surface area contributed by atoms with Gasteiger partial charge in [0.15, 0.2) is 0 Å². The summed E-state index contributed by atoms with van der Waals surface area (Å²) in [6, 6.07) is 0. The number of aliphatic hydroxyl groups is 2. The highest BCUT2D eigenvalue weighted by Gasteiger charge is 2.72. The predicted octanol–water partition coefficient (Wildman–Crippen LogP) is 5.56. The summed E-state index contributed by atoms with van der Waals surface area (Å²) in [4.78, 5) is 36.8. The van der Waals surface area contributed by atoms with Gasteiger partial charge >= 0.3 is 17.9 Å². The molecule has 4 aliphatic rings. The van der Waals surface area contributed by atoms with Crippen molar-refractivity contribution in [2.75, 3.05) is 0 Å². The van der Waals surface area contributed by atoms with Crippen LogP contribution in [0.25, 0.3) is 0 Å². The van der Waals surface area contributed by atoms with Gasteiger partial charge in [0.2, 0.25) is 5.79 Å². The Hall–Kier alpha value is -2.19. The zero-order valence-corrected chi connectivity index (χ0v) is 26.1. The van der Waals surface area contributed by atoms with E-state index in [1.165, 1.54) is 13.8 Å². The second kappa shape index (κ2) is 10.8. The van der Waals surface area contributed by atoms with Crippen LogP contribution in [0.5, 0.6) is 0 Å². The summed E-state index contributed by atoms with van der Waals surface area (Å²) < 4.78 is 11.3. The average molecular weight is 575 g/mol. The molecule has 41 heavy (non-hydrogen) atoms. The van der Waals surface area contributed by atoms with Gasteiger partial charge in [0.25, 0.3) is 0 Å². The number of hydrogen-bond acceptors (Lipinski definition) is 7. The highest BCUT2D eigenvalue weighted by molar-refractivity contribution is 5.88. The molecule has 230 valence electrons. The molecule has 3 N–H and O–H groups in total. The molecule has 8 heteroatoms. The van der Waals surface area contributed by atoms with Crippen LogP contribution in [-0.4, -0.2) is 51.2 Å². The van der Waals surface area contributed by atoms with Crippen molar-refractivity contribution in [2.45, 2.75) is 125 Å². The Kier molecular flexibility index (Phi) is 8.38. The van der Waals surface area contributed by atoms with Crippen LogP contribution in [0.15, 0.2) is 22.8 Å². The number of hydrogen-bond donors (Lipinski definition) is 3. The number of carboxylic acid groups (broad SMARTS) is 1. The summed E-state index contributed by atoms with van der Waals surface area (Å²) in [5, 5.41) is 33.7. The van der Waals surface area contributed by atoms with Gasteiger partial charge < -0.3 is 24.8 Å². The Bertz CT molecular complexity index is 1150. The smallest absolute Gasteiger partial charge is 0.331 e. The van der Waals surface area contributed by atoms with Crippen LogP contribution in [0.1, 0.15) is 107 Å². The van der Waals surface area contributed by atoms with Gasteiger partial charge in [0, 0.05) is 31.8 Å². The molecular weight excluding hydrogens is 524 g/mol. The Morgan fingerprint density at radius 3 is 2.22 bits per heavy atom. The van der Waals surface area contributed by atoms with Crippen molar-refractivity contribution in [1.29, 1.82) is 0 Å². The maximum Gasteiger partial charge on any atom is 0.331 e. The molecule has 1 unspecified atom stereocenters. The number of aliphatic carboxylic acids is 1. The number of ether oxygens (including phenoxy) is 2. The monoisotopic (exact) mass is 574 g/mol. The third kappa shape index (κ3) is 5.07. The quantitative estimate of drug-likeness (QED) is 0.163. The Morgan fingerprint density at radius 2 is 1.66 bits per heavy atom. The Labute approximate surface area is 244 Å². The van der Waals surface area contributed by atoms with E-state index in [9.17, 15) is 29.7 Å². The van der Waals surface area contributed by atoms with Crippen molar-refractivity contribution in [3.63, 3.8) is 0 Å². The molecule has 0 spiro atoms. The topological polar surface area (TPSA) is 130 Å². The number of fused-ring (bicyclic) bond motifs is 5. The van der Waals surface area contributed by atoms with Crippen molar-refractivity contribution in [3.8, 4) is 0 Å². The van der Waals surface area contributed by atoms with Gasteiger partial charge in [-0.15, -0.1) is 0 Å². The molecule has 4 fully saturated rings. The lowest BCUT2D eigenvalue weighted by Crippen LogP contribution is -2.67. The molecule has 0 amide bonds. The summed E-state index contributed by atoms with van der Waals surface area (Å²) in [7, 11) is 0. The van der Waals surface area contributed by atoms with Crippen LogP contribution in [0.3, 0.4) is 0 Å². The first-order chi connectivity index (χ1) is 18.9. The van der Waals surface area contributed by atoms with Crippen molar-refractivity contribution in [2.24, 2.45) is 39.9 Å². The number of rotatable bonds is 6. The van der Waals surface area contributed by atoms with Gasteiger partial charge in [-0.05, 0) is 98.4 Å². The molecule has 0 aromatic heterocycles. The third-order valence-corrected chi connectivity index (χ3v) is 12.0. The minimum absolute atomic E-state index is 0.0350. The SMILES string of the molecule is CC(=O)O[C@H]1C[C@@]2(C)[C@H](C[C@@H](O)[C@@H]3[C@@]4(C)CC[C@](O)(OC(C)=O)[C@@H](C)C4CC[C@@]32C)C1=C(CCC=C(C)C)C(=O)O. The van der Waals surface area contributed by atoms with Crippen LogP contribution in [0.2, 0.25) is 0 Å². The molecule has 4 rings (SSSR count). The molecule has 4 saturated carbocycles. The van der Waals surface area contributed by atoms with E-state index in [-0.39, 0.29) is 34.5 Å². The van der Waals surface area contributed by atoms with Gasteiger partial charge in [0.05, 0.1) is 6.10 Å². The first-order valence-electron chi connectivity index (χ1n) is 15.3. The number of esters is 2. The zero-order valence-electron chi connectivity index (χ0n) is 26.1. The van der Waals surface area contributed by atoms with Crippen LogP contribution >= 0.6 is 0 Å². The normalized spacial score (nSPS) is 44.5. The molecule has 0 saturated heterocycles. The molecular formula is C33H50O8. The van der Waals surface area contributed by atoms with E-state index in [4.69, 9.17) is 9.47 Å². The molecule has 8 nitrogen and oxygen atoms in total. The Morgan fingerprint density at radius 1 is 1.00 bits per heavy atom. The largest absolute Gasteiger partial charge is 0.478 e. The van der Waals surface area contributed by atoms with Crippen molar-refractivity contribution < 1.29 is 39.2 Å². The van der Waals surface area contributed by atoms with Gasteiger partial charge in [-0.1, -0.05) is 39.3 Å². The summed E-state index contributed by atoms with van der Waals surface area (Å²) in [6.07, 6.45) is 4.96. The molecule has 10 atom stereocenters. The van der Waals surface area contributed by atoms with Crippen LogP contribution in [0, 0.1) is 39.9 Å². The van der Waals surface area contributed by atoms with E-state index in [0.717, 1.165) is 18.4 Å². The molecule has 0 radical (unpaired) electrons. The number of aliphatic hydroxyl groups excluding tert-OH is 1. The molecule has 4 aliphatic carbocycles. The maximum atomic E-state index is 12.7. The van der Waals surface area contributed by atoms with Crippen molar-refractivity contribution in [3.05, 3.63) is 22.8 Å². The van der Waals surface area contributed by atoms with Gasteiger partial charge in [-0.2, -0.15) is 0 Å². The first kappa shape index (κ1) is 31.7. The fourth-order valence-electron chi connectivity index (χ4n) is 10.1. The third-order valence-electron chi connectivity index (χ3n) is 12.0. The van der Waals surface area contributed by atoms with E-state index in [2.05, 4.69) is 20.8 Å². The van der Waals surface area contributed by atoms with Crippen molar-refractivity contribution in [1.82, 2.24) is 0 Å². The highest BCUT2D eigenvalue weighted by atomic mass is 16.7. The molecule has 0 heterocycles. The van der Waals surface area contributed by atoms with Gasteiger partial charge in [-0.3, -0.25) is 9.59 Å². The number of carboxylic acids is 1. The van der Waals surface area contributed by atoms with Gasteiger partial charge in [-0.25, -0.2) is 4.79 Å². The van der Waals surface area contributed by atoms with Crippen LogP contribution in [-0.2, 0) is 23.9 Å². The van der Waals surface area contributed by atoms with E-state index < -0.39 is 41.3 Å². The molecule has 0 aliphatic heterocycles. The summed E-state index contributed by atoms with van der Waals surface area (Å²) in [5.74, 6) is -4.07. The maximum absolute atomic E-state index is 12.7. The summed E-state index contributed by atoms with van der Waals surface area (Å²) in [5.41, 5.74) is 0.974. The lowest BCUT2D eigenvalue weighted by molar-refractivity contribution is -0.297. The second-order valence-corrected chi connectivity index (χ2v) is 14.4. The Balaban J connectivity index is 1.79. The standard InChI is InChI=1S/C33H50O8/c1-18(2)10-9-11-22(29(37)38)27-24-16-25(36)28-30(6)14-15-33(39,41-21(5)35)19(3)23(30)12-13-31(28,7)32(24,8)17-26(27)40-20(4)34/h10,19,23-26,28,36,39H,9,11-17H2,1-8H3,(H,37,38)/t19-,23?,24+,25+,26-,28+,30-,31-,32-,33-/m0/s1. The number of carbonyl (C=O) groups excluding carboxylic acids is 2. The van der Waals surface area contributed by atoms with E-state index in [1.807, 2.05) is 26.8 Å². The average Bonchev–Trinajstić information content (AvgIpc) is 3.10. The van der Waals surface area contributed by atoms with E-state index in [1.54, 1.807) is 0 Å². The highest BCUT2D eigenvalue weighted by Crippen LogP contribution is 2.75. The molecule has 0 aromatic rings. The summed E-state index contributed by atoms with van der Waals surface area (Å²) >= 11 is 0. The molecule has 0 aromatic carbocycles. The lowest BCUT2D eigenvalue weighted by Gasteiger charge is -2.69. The fourth-order valence-corrected chi connectivity index (χ4v) is 10.1. The fraction of sp³-hybridized carbons (Fsp3) is 0.788. The van der Waals surface area contributed by atoms with E-state index >= 15 is 0 Å². The number of carbonyl (C=O) groups is 3. The zero-order chi connectivity index (χ0) is 30.7. The predicted molar refractivity (Wildman–Crippen MR) is 153 cm³/mol. The van der Waals surface area contributed by atoms with Crippen LogP contribution in [0.4, 0.5) is 0 Å². The first-order valence-corrected chi connectivity index (χ1v) is 15.3. The van der Waals surface area contributed by atoms with Gasteiger partial charge in [0.1, 0.15) is 6.10 Å². The van der Waals surface area contributed by atoms with Crippen LogP contribution < -0.4 is 0 Å². The van der Waals surface area contributed by atoms with E-state index in [0.29, 0.717) is 49.7 Å². The second-order valence-electron chi connectivity index (χ2n) is 14.4. The minimum atomic E-state index is -1.53. The van der Waals surface area contributed by atoms with Crippen molar-refractivity contribution >= 4 is 17.9 Å². The lowest BCUT2D eigenvalue weighted by atomic mass is 9.36. The summed E-state index contributed by atoms with van der Waals surface area (Å²) in [6.45, 7) is 15.3. The minimum Gasteiger partial charge on any atom is -0.478 e. The molecule has 0 bridgehead atoms. The number of allylic oxidation sites excluding steroid dienone is 2.